The van der Waals surface area contributed by atoms with Gasteiger partial charge in [0, 0.05) is 7.05 Å². The number of carbonyl (C=O) groups excluding carboxylic acids is 1. The molecule has 0 saturated heterocycles. The van der Waals surface area contributed by atoms with Gasteiger partial charge >= 0.3 is 0 Å². The van der Waals surface area contributed by atoms with Crippen LogP contribution in [0.2, 0.25) is 0 Å². The highest BCUT2D eigenvalue weighted by atomic mass is 32.2. The number of aryl methyl sites for hydroxylation is 3. The number of hydrogen-bond acceptors (Lipinski definition) is 5. The molecule has 0 spiro atoms. The average Bonchev–Trinajstić information content (AvgIpc) is 2.93. The zero-order valence-electron chi connectivity index (χ0n) is 15.7. The first kappa shape index (κ1) is 20.1. The van der Waals surface area contributed by atoms with Gasteiger partial charge in [-0.25, -0.2) is 8.42 Å². The summed E-state index contributed by atoms with van der Waals surface area (Å²) in [4.78, 5) is 12.3. The van der Waals surface area contributed by atoms with Crippen LogP contribution < -0.4 is 5.32 Å². The molecule has 1 unspecified atom stereocenters. The van der Waals surface area contributed by atoms with Gasteiger partial charge in [0.15, 0.2) is 5.76 Å². The summed E-state index contributed by atoms with van der Waals surface area (Å²) in [6.45, 7) is 6.74. The first-order chi connectivity index (χ1) is 12.2. The number of rotatable bonds is 7. The molecule has 2 rings (SSSR count). The topological polar surface area (TPSA) is 92.5 Å². The van der Waals surface area contributed by atoms with Gasteiger partial charge in [-0.1, -0.05) is 36.3 Å². The maximum Gasteiger partial charge on any atom is 0.248 e. The molecule has 1 aromatic carbocycles. The molecule has 0 aliphatic carbocycles. The van der Waals surface area contributed by atoms with Crippen LogP contribution in [0.1, 0.15) is 42.5 Å². The quantitative estimate of drug-likeness (QED) is 0.797. The smallest absolute Gasteiger partial charge is 0.248 e. The number of amides is 1. The minimum atomic E-state index is -3.85. The molecule has 8 heteroatoms. The van der Waals surface area contributed by atoms with Crippen LogP contribution >= 0.6 is 0 Å². The Bertz CT molecular complexity index is 853. The summed E-state index contributed by atoms with van der Waals surface area (Å²) in [6.07, 6.45) is 0.950. The Kier molecular flexibility index (Phi) is 6.20. The van der Waals surface area contributed by atoms with Crippen molar-refractivity contribution in [3.8, 4) is 0 Å². The van der Waals surface area contributed by atoms with Crippen LogP contribution in [0.3, 0.4) is 0 Å². The zero-order valence-corrected chi connectivity index (χ0v) is 16.6. The second-order valence-corrected chi connectivity index (χ2v) is 8.28. The maximum absolute atomic E-state index is 12.6. The third-order valence-corrected chi connectivity index (χ3v) is 6.32. The molecule has 1 heterocycles. The van der Waals surface area contributed by atoms with E-state index in [1.807, 2.05) is 31.2 Å². The largest absolute Gasteiger partial charge is 0.360 e. The Morgan fingerprint density at radius 3 is 2.38 bits per heavy atom. The Hall–Kier alpha value is -2.19. The third-order valence-electron chi connectivity index (χ3n) is 4.27. The predicted octanol–water partition coefficient (Wildman–Crippen LogP) is 2.35. The summed E-state index contributed by atoms with van der Waals surface area (Å²) in [5, 5.41) is 6.49. The first-order valence-corrected chi connectivity index (χ1v) is 9.88. The molecule has 0 radical (unpaired) electrons. The number of benzene rings is 1. The van der Waals surface area contributed by atoms with Gasteiger partial charge in [-0.05, 0) is 38.3 Å². The minimum Gasteiger partial charge on any atom is -0.360 e. The number of nitrogens with one attached hydrogen (secondary N) is 1. The lowest BCUT2D eigenvalue weighted by molar-refractivity contribution is -0.121. The summed E-state index contributed by atoms with van der Waals surface area (Å²) < 4.78 is 31.2. The van der Waals surface area contributed by atoms with Crippen molar-refractivity contribution in [2.45, 2.75) is 45.1 Å². The summed E-state index contributed by atoms with van der Waals surface area (Å²) in [5.74, 6) is -0.172. The van der Waals surface area contributed by atoms with E-state index < -0.39 is 10.0 Å². The van der Waals surface area contributed by atoms with Gasteiger partial charge in [0.05, 0.1) is 12.6 Å². The number of hydrogen-bond donors (Lipinski definition) is 1. The van der Waals surface area contributed by atoms with Crippen molar-refractivity contribution in [3.05, 3.63) is 46.8 Å². The minimum absolute atomic E-state index is 0.0102. The fraction of sp³-hybridized carbons (Fsp3) is 0.444. The van der Waals surface area contributed by atoms with E-state index in [0.29, 0.717) is 0 Å². The maximum atomic E-state index is 12.6. The second-order valence-electron chi connectivity index (χ2n) is 6.30. The van der Waals surface area contributed by atoms with E-state index in [0.717, 1.165) is 16.3 Å². The molecule has 0 aliphatic heterocycles. The summed E-state index contributed by atoms with van der Waals surface area (Å²) >= 11 is 0. The molecule has 1 N–H and O–H groups in total. The van der Waals surface area contributed by atoms with Crippen molar-refractivity contribution < 1.29 is 17.7 Å². The van der Waals surface area contributed by atoms with Crippen LogP contribution in [-0.2, 0) is 21.2 Å². The molecule has 2 aromatic rings. The zero-order chi connectivity index (χ0) is 19.5. The van der Waals surface area contributed by atoms with E-state index in [4.69, 9.17) is 4.52 Å². The van der Waals surface area contributed by atoms with Crippen molar-refractivity contribution in [2.24, 2.45) is 0 Å². The SMILES string of the molecule is CCc1ccc(C(C)NC(=O)CN(C)S(=O)(=O)c2c(C)noc2C)cc1. The van der Waals surface area contributed by atoms with Crippen LogP contribution in [0.25, 0.3) is 0 Å². The Morgan fingerprint density at radius 2 is 1.88 bits per heavy atom. The van der Waals surface area contributed by atoms with Crippen molar-refractivity contribution in [3.63, 3.8) is 0 Å². The lowest BCUT2D eigenvalue weighted by atomic mass is 10.1. The highest BCUT2D eigenvalue weighted by Crippen LogP contribution is 2.22. The lowest BCUT2D eigenvalue weighted by Gasteiger charge is -2.19. The number of nitrogens with zero attached hydrogens (tertiary/aromatic N) is 2. The standard InChI is InChI=1S/C18H25N3O4S/c1-6-15-7-9-16(10-8-15)12(2)19-17(22)11-21(5)26(23,24)18-13(3)20-25-14(18)4/h7-10,12H,6,11H2,1-5H3,(H,19,22). The highest BCUT2D eigenvalue weighted by molar-refractivity contribution is 7.89. The molecule has 1 aromatic heterocycles. The fourth-order valence-corrected chi connectivity index (χ4v) is 4.11. The Balaban J connectivity index is 2.04. The van der Waals surface area contributed by atoms with Crippen molar-refractivity contribution in [1.29, 1.82) is 0 Å². The summed E-state index contributed by atoms with van der Waals surface area (Å²) in [6, 6.07) is 7.75. The molecule has 26 heavy (non-hydrogen) atoms. The molecule has 0 saturated carbocycles. The molecule has 0 fully saturated rings. The van der Waals surface area contributed by atoms with Crippen molar-refractivity contribution in [1.82, 2.24) is 14.8 Å². The van der Waals surface area contributed by atoms with Crippen LogP contribution in [0.15, 0.2) is 33.7 Å². The predicted molar refractivity (Wildman–Crippen MR) is 98.2 cm³/mol. The van der Waals surface area contributed by atoms with Crippen molar-refractivity contribution in [2.75, 3.05) is 13.6 Å². The van der Waals surface area contributed by atoms with E-state index in [9.17, 15) is 13.2 Å². The monoisotopic (exact) mass is 379 g/mol. The highest BCUT2D eigenvalue weighted by Gasteiger charge is 2.30. The third kappa shape index (κ3) is 4.31. The van der Waals surface area contributed by atoms with E-state index in [1.54, 1.807) is 6.92 Å². The molecular weight excluding hydrogens is 354 g/mol. The molecule has 7 nitrogen and oxygen atoms in total. The molecule has 142 valence electrons. The molecule has 0 aliphatic rings. The Morgan fingerprint density at radius 1 is 1.27 bits per heavy atom. The number of carbonyl (C=O) groups is 1. The van der Waals surface area contributed by atoms with Gasteiger partial charge in [-0.2, -0.15) is 4.31 Å². The second kappa shape index (κ2) is 8.01. The van der Waals surface area contributed by atoms with Crippen LogP contribution in [0.4, 0.5) is 0 Å². The van der Waals surface area contributed by atoms with E-state index in [1.165, 1.54) is 19.5 Å². The molecular formula is C18H25N3O4S. The molecule has 1 atom stereocenters. The van der Waals surface area contributed by atoms with Crippen LogP contribution in [-0.4, -0.2) is 37.4 Å². The number of likely N-dealkylation sites (N-methyl/N-ethyl adjacent to an activating group) is 1. The average molecular weight is 379 g/mol. The molecule has 1 amide bonds. The summed E-state index contributed by atoms with van der Waals surface area (Å²) in [7, 11) is -2.48. The number of aromatic nitrogens is 1. The first-order valence-electron chi connectivity index (χ1n) is 8.44. The van der Waals surface area contributed by atoms with Gasteiger partial charge in [-0.3, -0.25) is 4.79 Å². The lowest BCUT2D eigenvalue weighted by Crippen LogP contribution is -2.39. The van der Waals surface area contributed by atoms with E-state index in [-0.39, 0.29) is 34.8 Å². The van der Waals surface area contributed by atoms with Crippen LogP contribution in [0, 0.1) is 13.8 Å². The Labute approximate surface area is 154 Å². The molecule has 0 bridgehead atoms. The number of sulfonamides is 1. The summed E-state index contributed by atoms with van der Waals surface area (Å²) in [5.41, 5.74) is 2.46. The van der Waals surface area contributed by atoms with E-state index >= 15 is 0 Å². The fourth-order valence-electron chi connectivity index (χ4n) is 2.70. The van der Waals surface area contributed by atoms with Gasteiger partial charge in [0.2, 0.25) is 15.9 Å². The van der Waals surface area contributed by atoms with Crippen LogP contribution in [0.5, 0.6) is 0 Å². The van der Waals surface area contributed by atoms with Gasteiger partial charge < -0.3 is 9.84 Å². The van der Waals surface area contributed by atoms with Crippen molar-refractivity contribution >= 4 is 15.9 Å². The van der Waals surface area contributed by atoms with E-state index in [2.05, 4.69) is 17.4 Å². The normalized spacial score (nSPS) is 13.0. The van der Waals surface area contributed by atoms with Gasteiger partial charge in [-0.15, -0.1) is 0 Å². The van der Waals surface area contributed by atoms with Gasteiger partial charge in [0.1, 0.15) is 10.6 Å². The van der Waals surface area contributed by atoms with Gasteiger partial charge in [0.25, 0.3) is 0 Å².